The van der Waals surface area contributed by atoms with Gasteiger partial charge in [-0.05, 0) is 30.7 Å². The van der Waals surface area contributed by atoms with Crippen molar-refractivity contribution in [3.63, 3.8) is 0 Å². The lowest BCUT2D eigenvalue weighted by Crippen LogP contribution is -2.38. The van der Waals surface area contributed by atoms with Gasteiger partial charge in [-0.2, -0.15) is 0 Å². The van der Waals surface area contributed by atoms with Crippen molar-refractivity contribution in [2.24, 2.45) is 0 Å². The minimum atomic E-state index is -3.27. The molecule has 1 aromatic rings. The molecule has 0 bridgehead atoms. The summed E-state index contributed by atoms with van der Waals surface area (Å²) >= 11 is 0. The zero-order chi connectivity index (χ0) is 17.9. The lowest BCUT2D eigenvalue weighted by molar-refractivity contribution is -0.130. The molecule has 0 spiro atoms. The van der Waals surface area contributed by atoms with Gasteiger partial charge in [-0.1, -0.05) is 0 Å². The van der Waals surface area contributed by atoms with Crippen LogP contribution in [0.25, 0.3) is 0 Å². The van der Waals surface area contributed by atoms with Gasteiger partial charge in [0, 0.05) is 11.9 Å². The first kappa shape index (κ1) is 17.9. The molecule has 0 saturated carbocycles. The smallest absolute Gasteiger partial charge is 0.325 e. The van der Waals surface area contributed by atoms with Crippen LogP contribution in [0.15, 0.2) is 24.3 Å². The fourth-order valence-electron chi connectivity index (χ4n) is 2.13. The molecule has 24 heavy (non-hydrogen) atoms. The molecule has 0 unspecified atom stereocenters. The van der Waals surface area contributed by atoms with E-state index < -0.39 is 46.1 Å². The van der Waals surface area contributed by atoms with Gasteiger partial charge in [0.1, 0.15) is 28.2 Å². The zero-order valence-corrected chi connectivity index (χ0v) is 13.6. The summed E-state index contributed by atoms with van der Waals surface area (Å²) in [5.41, 5.74) is 0.321. The minimum absolute atomic E-state index is 0.0561. The third-order valence-electron chi connectivity index (χ3n) is 3.31. The second-order valence-electron chi connectivity index (χ2n) is 5.40. The average Bonchev–Trinajstić information content (AvgIpc) is 2.74. The van der Waals surface area contributed by atoms with E-state index >= 15 is 0 Å². The maximum atomic E-state index is 12.8. The second kappa shape index (κ2) is 6.95. The molecule has 2 rings (SSSR count). The third-order valence-corrected chi connectivity index (χ3v) is 4.29. The lowest BCUT2D eigenvalue weighted by atomic mass is 10.2. The zero-order valence-electron chi connectivity index (χ0n) is 12.8. The maximum Gasteiger partial charge on any atom is 0.325 e. The monoisotopic (exact) mass is 357 g/mol. The predicted molar refractivity (Wildman–Crippen MR) is 83.4 cm³/mol. The van der Waals surface area contributed by atoms with Crippen LogP contribution in [0, 0.1) is 5.82 Å². The Balaban J connectivity index is 1.94. The number of nitrogens with zero attached hydrogens (tertiary/aromatic N) is 1. The molecule has 2 N–H and O–H groups in total. The van der Waals surface area contributed by atoms with Gasteiger partial charge < -0.3 is 10.6 Å². The molecule has 4 amide bonds. The van der Waals surface area contributed by atoms with Crippen molar-refractivity contribution in [1.29, 1.82) is 0 Å². The van der Waals surface area contributed by atoms with Crippen LogP contribution in [-0.2, 0) is 19.4 Å². The highest BCUT2D eigenvalue weighted by Crippen LogP contribution is 2.12. The summed E-state index contributed by atoms with van der Waals surface area (Å²) in [4.78, 5) is 36.5. The molecule has 1 atom stereocenters. The Kier molecular flexibility index (Phi) is 5.17. The van der Waals surface area contributed by atoms with Crippen molar-refractivity contribution in [3.05, 3.63) is 30.1 Å². The van der Waals surface area contributed by atoms with Crippen molar-refractivity contribution in [2.45, 2.75) is 12.5 Å². The van der Waals surface area contributed by atoms with Crippen molar-refractivity contribution in [2.75, 3.05) is 23.9 Å². The fraction of sp³-hybridized carbons (Fsp3) is 0.357. The molecule has 1 fully saturated rings. The first-order valence-electron chi connectivity index (χ1n) is 7.01. The Labute approximate surface area is 137 Å². The summed E-state index contributed by atoms with van der Waals surface area (Å²) in [5, 5.41) is 4.78. The predicted octanol–water partition coefficient (Wildman–Crippen LogP) is 0.119. The van der Waals surface area contributed by atoms with Crippen LogP contribution in [-0.4, -0.2) is 55.8 Å². The van der Waals surface area contributed by atoms with E-state index in [0.717, 1.165) is 18.4 Å². The topological polar surface area (TPSA) is 113 Å². The van der Waals surface area contributed by atoms with Crippen LogP contribution in [0.4, 0.5) is 14.9 Å². The number of hydrogen-bond donors (Lipinski definition) is 2. The SMILES string of the molecule is CS(=O)(=O)CC[C@@H]1NC(=O)N(CC(=O)Nc2ccc(F)cc2)C1=O. The highest BCUT2D eigenvalue weighted by Gasteiger charge is 2.39. The molecular weight excluding hydrogens is 341 g/mol. The molecule has 1 aliphatic rings. The van der Waals surface area contributed by atoms with Gasteiger partial charge >= 0.3 is 6.03 Å². The van der Waals surface area contributed by atoms with Crippen LogP contribution in [0.3, 0.4) is 0 Å². The summed E-state index contributed by atoms with van der Waals surface area (Å²) in [6.45, 7) is -0.516. The van der Waals surface area contributed by atoms with Crippen LogP contribution in [0.2, 0.25) is 0 Å². The van der Waals surface area contributed by atoms with Crippen molar-refractivity contribution in [3.8, 4) is 0 Å². The summed E-state index contributed by atoms with van der Waals surface area (Å²) in [6, 6.07) is 3.27. The number of rotatable bonds is 6. The van der Waals surface area contributed by atoms with Crippen molar-refractivity contribution < 1.29 is 27.2 Å². The summed E-state index contributed by atoms with van der Waals surface area (Å²) in [5.74, 6) is -2.00. The normalized spacial score (nSPS) is 17.8. The number of hydrogen-bond acceptors (Lipinski definition) is 5. The first-order chi connectivity index (χ1) is 11.2. The molecule has 1 aliphatic heterocycles. The van der Waals surface area contributed by atoms with E-state index in [1.807, 2.05) is 0 Å². The number of urea groups is 1. The molecule has 130 valence electrons. The number of sulfone groups is 1. The Bertz CT molecular complexity index is 763. The Hall–Kier alpha value is -2.49. The first-order valence-corrected chi connectivity index (χ1v) is 9.07. The number of carbonyl (C=O) groups excluding carboxylic acids is 3. The Morgan fingerprint density at radius 2 is 1.92 bits per heavy atom. The van der Waals surface area contributed by atoms with Crippen molar-refractivity contribution >= 4 is 33.4 Å². The summed E-state index contributed by atoms with van der Waals surface area (Å²) in [7, 11) is -3.27. The van der Waals surface area contributed by atoms with Gasteiger partial charge in [-0.15, -0.1) is 0 Å². The highest BCUT2D eigenvalue weighted by atomic mass is 32.2. The van der Waals surface area contributed by atoms with Crippen LogP contribution in [0.1, 0.15) is 6.42 Å². The number of imide groups is 1. The van der Waals surface area contributed by atoms with Gasteiger partial charge in [0.2, 0.25) is 5.91 Å². The van der Waals surface area contributed by atoms with E-state index in [1.54, 1.807) is 0 Å². The van der Waals surface area contributed by atoms with Gasteiger partial charge in [-0.25, -0.2) is 17.6 Å². The number of halogens is 1. The average molecular weight is 357 g/mol. The third kappa shape index (κ3) is 4.75. The molecule has 0 radical (unpaired) electrons. The number of nitrogens with one attached hydrogen (secondary N) is 2. The number of carbonyl (C=O) groups is 3. The fourth-order valence-corrected chi connectivity index (χ4v) is 2.80. The second-order valence-corrected chi connectivity index (χ2v) is 7.66. The highest BCUT2D eigenvalue weighted by molar-refractivity contribution is 7.90. The molecule has 0 aliphatic carbocycles. The number of amides is 4. The van der Waals surface area contributed by atoms with Gasteiger partial charge in [-0.3, -0.25) is 14.5 Å². The molecule has 10 heteroatoms. The largest absolute Gasteiger partial charge is 0.326 e. The molecule has 0 aromatic heterocycles. The van der Waals surface area contributed by atoms with Crippen LogP contribution >= 0.6 is 0 Å². The summed E-state index contributed by atoms with van der Waals surface area (Å²) < 4.78 is 35.1. The van der Waals surface area contributed by atoms with Gasteiger partial charge in [0.05, 0.1) is 5.75 Å². The number of benzene rings is 1. The van der Waals surface area contributed by atoms with E-state index in [9.17, 15) is 27.2 Å². The van der Waals surface area contributed by atoms with E-state index in [0.29, 0.717) is 10.6 Å². The van der Waals surface area contributed by atoms with E-state index in [1.165, 1.54) is 12.1 Å². The molecule has 8 nitrogen and oxygen atoms in total. The number of anilines is 1. The van der Waals surface area contributed by atoms with Gasteiger partial charge in [0.15, 0.2) is 0 Å². The Morgan fingerprint density at radius 3 is 2.50 bits per heavy atom. The quantitative estimate of drug-likeness (QED) is 0.702. The maximum absolute atomic E-state index is 12.8. The minimum Gasteiger partial charge on any atom is -0.326 e. The standard InChI is InChI=1S/C14H16FN3O5S/c1-24(22,23)7-6-11-13(20)18(14(21)17-11)8-12(19)16-10-4-2-9(15)3-5-10/h2-5,11H,6-8H2,1H3,(H,16,19)(H,17,21)/t11-/m0/s1. The van der Waals surface area contributed by atoms with Gasteiger partial charge in [0.25, 0.3) is 5.91 Å². The molecule has 1 aromatic carbocycles. The van der Waals surface area contributed by atoms with Crippen LogP contribution in [0.5, 0.6) is 0 Å². The van der Waals surface area contributed by atoms with E-state index in [2.05, 4.69) is 10.6 Å². The molecule has 1 heterocycles. The van der Waals surface area contributed by atoms with E-state index in [4.69, 9.17) is 0 Å². The lowest BCUT2D eigenvalue weighted by Gasteiger charge is -2.13. The summed E-state index contributed by atoms with van der Waals surface area (Å²) in [6.07, 6.45) is 0.974. The molecule has 1 saturated heterocycles. The van der Waals surface area contributed by atoms with Crippen molar-refractivity contribution in [1.82, 2.24) is 10.2 Å². The Morgan fingerprint density at radius 1 is 1.29 bits per heavy atom. The van der Waals surface area contributed by atoms with Crippen LogP contribution < -0.4 is 10.6 Å². The van der Waals surface area contributed by atoms with E-state index in [-0.39, 0.29) is 12.2 Å². The molecular formula is C14H16FN3O5S.